The minimum absolute atomic E-state index is 0.00560. The van der Waals surface area contributed by atoms with Crippen molar-refractivity contribution >= 4 is 17.7 Å². The van der Waals surface area contributed by atoms with Crippen molar-refractivity contribution in [2.45, 2.75) is 11.7 Å². The van der Waals surface area contributed by atoms with Gasteiger partial charge in [-0.3, -0.25) is 4.79 Å². The molecule has 1 saturated heterocycles. The summed E-state index contributed by atoms with van der Waals surface area (Å²) in [5, 5.41) is 0.0793. The average Bonchev–Trinajstić information content (AvgIpc) is 3.01. The molecule has 4 rings (SSSR count). The number of para-hydroxylation sites is 1. The molecule has 29 heavy (non-hydrogen) atoms. The van der Waals surface area contributed by atoms with E-state index in [0.717, 1.165) is 23.5 Å². The van der Waals surface area contributed by atoms with Crippen LogP contribution in [-0.4, -0.2) is 29.6 Å². The quantitative estimate of drug-likeness (QED) is 0.536. The van der Waals surface area contributed by atoms with Gasteiger partial charge in [0.2, 0.25) is 0 Å². The summed E-state index contributed by atoms with van der Waals surface area (Å²) in [4.78, 5) is 14.8. The Labute approximate surface area is 174 Å². The van der Waals surface area contributed by atoms with Crippen LogP contribution in [0.5, 0.6) is 11.5 Å². The van der Waals surface area contributed by atoms with Crippen LogP contribution in [0.4, 0.5) is 4.39 Å². The van der Waals surface area contributed by atoms with Crippen molar-refractivity contribution in [3.8, 4) is 11.5 Å². The van der Waals surface area contributed by atoms with E-state index in [1.807, 2.05) is 59.5 Å². The highest BCUT2D eigenvalue weighted by molar-refractivity contribution is 7.99. The van der Waals surface area contributed by atoms with Gasteiger partial charge >= 0.3 is 0 Å². The number of thioether (sulfide) groups is 1. The number of amides is 1. The van der Waals surface area contributed by atoms with Crippen LogP contribution in [0.25, 0.3) is 0 Å². The third kappa shape index (κ3) is 4.80. The monoisotopic (exact) mass is 407 g/mol. The topological polar surface area (TPSA) is 29.5 Å². The molecule has 0 spiro atoms. The van der Waals surface area contributed by atoms with Crippen LogP contribution in [0.1, 0.15) is 27.6 Å². The minimum Gasteiger partial charge on any atom is -0.457 e. The van der Waals surface area contributed by atoms with Gasteiger partial charge in [-0.15, -0.1) is 0 Å². The summed E-state index contributed by atoms with van der Waals surface area (Å²) in [6, 6.07) is 23.7. The van der Waals surface area contributed by atoms with Crippen LogP contribution in [0.2, 0.25) is 0 Å². The molecule has 1 fully saturated rings. The van der Waals surface area contributed by atoms with E-state index in [2.05, 4.69) is 0 Å². The van der Waals surface area contributed by atoms with Crippen molar-refractivity contribution in [3.63, 3.8) is 0 Å². The number of rotatable bonds is 4. The van der Waals surface area contributed by atoms with E-state index in [1.165, 1.54) is 6.07 Å². The number of carbonyl (C=O) groups excluding carboxylic acids is 1. The Morgan fingerprint density at radius 1 is 0.897 bits per heavy atom. The summed E-state index contributed by atoms with van der Waals surface area (Å²) in [7, 11) is 0. The van der Waals surface area contributed by atoms with Crippen molar-refractivity contribution in [1.82, 2.24) is 4.90 Å². The van der Waals surface area contributed by atoms with Gasteiger partial charge in [-0.2, -0.15) is 11.8 Å². The Morgan fingerprint density at radius 2 is 1.59 bits per heavy atom. The number of hydrogen-bond donors (Lipinski definition) is 0. The van der Waals surface area contributed by atoms with Crippen LogP contribution in [0.15, 0.2) is 78.9 Å². The molecule has 3 aromatic carbocycles. The van der Waals surface area contributed by atoms with E-state index in [1.54, 1.807) is 30.0 Å². The zero-order valence-corrected chi connectivity index (χ0v) is 16.8. The van der Waals surface area contributed by atoms with Crippen molar-refractivity contribution in [1.29, 1.82) is 0 Å². The molecule has 3 nitrogen and oxygen atoms in total. The van der Waals surface area contributed by atoms with Crippen molar-refractivity contribution in [2.24, 2.45) is 0 Å². The lowest BCUT2D eigenvalue weighted by Gasteiger charge is -2.20. The van der Waals surface area contributed by atoms with E-state index in [-0.39, 0.29) is 17.0 Å². The fraction of sp³-hybridized carbons (Fsp3) is 0.208. The third-order valence-corrected chi connectivity index (χ3v) is 6.27. The van der Waals surface area contributed by atoms with Crippen LogP contribution < -0.4 is 4.74 Å². The number of carbonyl (C=O) groups is 1. The second-order valence-electron chi connectivity index (χ2n) is 6.90. The van der Waals surface area contributed by atoms with Crippen LogP contribution in [0, 0.1) is 5.82 Å². The largest absolute Gasteiger partial charge is 0.457 e. The molecule has 3 aromatic rings. The van der Waals surface area contributed by atoms with Gasteiger partial charge in [-0.25, -0.2) is 4.39 Å². The highest BCUT2D eigenvalue weighted by atomic mass is 32.2. The Kier molecular flexibility index (Phi) is 6.15. The second-order valence-corrected chi connectivity index (χ2v) is 8.21. The normalized spacial score (nSPS) is 16.9. The number of ether oxygens (including phenoxy) is 1. The van der Waals surface area contributed by atoms with Crippen molar-refractivity contribution in [3.05, 3.63) is 95.8 Å². The van der Waals surface area contributed by atoms with E-state index in [4.69, 9.17) is 4.74 Å². The molecule has 148 valence electrons. The molecule has 1 unspecified atom stereocenters. The SMILES string of the molecule is O=C(c1ccc(Oc2ccccc2)cc1)N1CCSC(c2ccccc2F)CC1. The van der Waals surface area contributed by atoms with Gasteiger partial charge in [0.05, 0.1) is 0 Å². The Bertz CT molecular complexity index is 962. The van der Waals surface area contributed by atoms with Crippen LogP contribution in [0.3, 0.4) is 0 Å². The smallest absolute Gasteiger partial charge is 0.253 e. The molecule has 0 radical (unpaired) electrons. The van der Waals surface area contributed by atoms with Gasteiger partial charge in [0.1, 0.15) is 17.3 Å². The summed E-state index contributed by atoms with van der Waals surface area (Å²) in [6.07, 6.45) is 0.743. The Balaban J connectivity index is 1.40. The molecule has 5 heteroatoms. The van der Waals surface area contributed by atoms with Crippen LogP contribution >= 0.6 is 11.8 Å². The fourth-order valence-corrected chi connectivity index (χ4v) is 4.68. The zero-order chi connectivity index (χ0) is 20.1. The van der Waals surface area contributed by atoms with Gasteiger partial charge in [-0.1, -0.05) is 36.4 Å². The molecule has 0 saturated carbocycles. The number of benzene rings is 3. The Hall–Kier alpha value is -2.79. The maximum Gasteiger partial charge on any atom is 0.253 e. The predicted octanol–water partition coefficient (Wildman–Crippen LogP) is 5.94. The molecule has 1 aliphatic rings. The lowest BCUT2D eigenvalue weighted by molar-refractivity contribution is 0.0766. The van der Waals surface area contributed by atoms with E-state index < -0.39 is 0 Å². The van der Waals surface area contributed by atoms with Crippen LogP contribution in [-0.2, 0) is 0 Å². The highest BCUT2D eigenvalue weighted by Crippen LogP contribution is 2.36. The predicted molar refractivity (Wildman–Crippen MR) is 115 cm³/mol. The van der Waals surface area contributed by atoms with Gasteiger partial charge < -0.3 is 9.64 Å². The lowest BCUT2D eigenvalue weighted by atomic mass is 10.1. The van der Waals surface area contributed by atoms with Crippen molar-refractivity contribution in [2.75, 3.05) is 18.8 Å². The molecule has 1 heterocycles. The summed E-state index contributed by atoms with van der Waals surface area (Å²) in [6.45, 7) is 1.28. The molecule has 0 bridgehead atoms. The molecule has 0 aromatic heterocycles. The maximum absolute atomic E-state index is 14.1. The van der Waals surface area contributed by atoms with Gasteiger partial charge in [-0.05, 0) is 48.9 Å². The fourth-order valence-electron chi connectivity index (χ4n) is 3.43. The average molecular weight is 408 g/mol. The minimum atomic E-state index is -0.168. The summed E-state index contributed by atoms with van der Waals surface area (Å²) in [5.74, 6) is 2.08. The molecular formula is C24H22FNO2S. The summed E-state index contributed by atoms with van der Waals surface area (Å²) < 4.78 is 19.9. The molecular weight excluding hydrogens is 385 g/mol. The zero-order valence-electron chi connectivity index (χ0n) is 16.0. The van der Waals surface area contributed by atoms with Crippen molar-refractivity contribution < 1.29 is 13.9 Å². The number of nitrogens with zero attached hydrogens (tertiary/aromatic N) is 1. The first-order valence-corrected chi connectivity index (χ1v) is 10.7. The first-order valence-electron chi connectivity index (χ1n) is 9.69. The summed E-state index contributed by atoms with van der Waals surface area (Å²) in [5.41, 5.74) is 1.37. The molecule has 1 atom stereocenters. The van der Waals surface area contributed by atoms with Gasteiger partial charge in [0, 0.05) is 35.2 Å². The summed E-state index contributed by atoms with van der Waals surface area (Å²) >= 11 is 1.72. The maximum atomic E-state index is 14.1. The first kappa shape index (κ1) is 19.5. The molecule has 0 N–H and O–H groups in total. The second kappa shape index (κ2) is 9.14. The third-order valence-electron chi connectivity index (χ3n) is 4.96. The Morgan fingerprint density at radius 3 is 2.34 bits per heavy atom. The standard InChI is InChI=1S/C24H22FNO2S/c25-22-9-5-4-8-21(22)23-14-15-26(16-17-29-23)24(27)18-10-12-20(13-11-18)28-19-6-2-1-3-7-19/h1-13,23H,14-17H2. The lowest BCUT2D eigenvalue weighted by Crippen LogP contribution is -2.32. The van der Waals surface area contributed by atoms with Gasteiger partial charge in [0.15, 0.2) is 0 Å². The molecule has 0 aliphatic carbocycles. The van der Waals surface area contributed by atoms with E-state index in [9.17, 15) is 9.18 Å². The highest BCUT2D eigenvalue weighted by Gasteiger charge is 2.24. The van der Waals surface area contributed by atoms with E-state index >= 15 is 0 Å². The van der Waals surface area contributed by atoms with E-state index in [0.29, 0.717) is 24.4 Å². The molecule has 1 aliphatic heterocycles. The van der Waals surface area contributed by atoms with Gasteiger partial charge in [0.25, 0.3) is 5.91 Å². The first-order chi connectivity index (χ1) is 14.2. The molecule has 1 amide bonds. The number of halogens is 1. The number of hydrogen-bond acceptors (Lipinski definition) is 3.